The van der Waals surface area contributed by atoms with Gasteiger partial charge in [0.25, 0.3) is 0 Å². The van der Waals surface area contributed by atoms with Crippen LogP contribution >= 0.6 is 0 Å². The van der Waals surface area contributed by atoms with Crippen molar-refractivity contribution in [2.75, 3.05) is 0 Å². The van der Waals surface area contributed by atoms with Crippen LogP contribution in [0, 0.1) is 13.8 Å². The molecule has 0 aliphatic carbocycles. The zero-order chi connectivity index (χ0) is 36.2. The molecule has 0 spiro atoms. The summed E-state index contributed by atoms with van der Waals surface area (Å²) in [6, 6.07) is 32.5. The number of ether oxygens (including phenoxy) is 1. The molecular formula is C46H50N4O. The third-order valence-corrected chi connectivity index (χ3v) is 10.3. The van der Waals surface area contributed by atoms with Gasteiger partial charge in [0.15, 0.2) is 0 Å². The number of aromatic nitrogens is 4. The highest BCUT2D eigenvalue weighted by Crippen LogP contribution is 2.39. The molecule has 0 saturated heterocycles. The van der Waals surface area contributed by atoms with Crippen LogP contribution in [0.4, 0.5) is 0 Å². The van der Waals surface area contributed by atoms with E-state index < -0.39 is 0 Å². The summed E-state index contributed by atoms with van der Waals surface area (Å²) in [5, 5.41) is 7.52. The van der Waals surface area contributed by atoms with Crippen molar-refractivity contribution >= 4 is 21.8 Å². The minimum absolute atomic E-state index is 0.00438. The second-order valence-electron chi connectivity index (χ2n) is 15.9. The molecular weight excluding hydrogens is 625 g/mol. The van der Waals surface area contributed by atoms with Gasteiger partial charge in [0, 0.05) is 40.4 Å². The van der Waals surface area contributed by atoms with Crippen molar-refractivity contribution in [1.82, 2.24) is 19.3 Å². The summed E-state index contributed by atoms with van der Waals surface area (Å²) in [6.07, 6.45) is 3.88. The minimum atomic E-state index is -0.0998. The molecule has 51 heavy (non-hydrogen) atoms. The van der Waals surface area contributed by atoms with E-state index in [2.05, 4.69) is 169 Å². The normalized spacial score (nSPS) is 12.3. The van der Waals surface area contributed by atoms with E-state index in [-0.39, 0.29) is 10.8 Å². The molecule has 0 amide bonds. The zero-order valence-electron chi connectivity index (χ0n) is 31.8. The molecule has 0 unspecified atom stereocenters. The van der Waals surface area contributed by atoms with Gasteiger partial charge in [0.2, 0.25) is 0 Å². The van der Waals surface area contributed by atoms with Crippen LogP contribution in [-0.2, 0) is 23.7 Å². The molecule has 7 aromatic rings. The van der Waals surface area contributed by atoms with Crippen LogP contribution in [0.25, 0.3) is 44.4 Å². The number of rotatable bonds is 7. The van der Waals surface area contributed by atoms with Crippen molar-refractivity contribution in [3.63, 3.8) is 0 Å². The number of para-hydroxylation sites is 1. The average Bonchev–Trinajstić information content (AvgIpc) is 3.59. The quantitative estimate of drug-likeness (QED) is 0.169. The Labute approximate surface area is 302 Å². The van der Waals surface area contributed by atoms with Crippen molar-refractivity contribution in [1.29, 1.82) is 0 Å². The van der Waals surface area contributed by atoms with Gasteiger partial charge in [-0.15, -0.1) is 0 Å². The number of pyridine rings is 1. The molecule has 5 heteroatoms. The molecule has 260 valence electrons. The molecule has 7 rings (SSSR count). The molecule has 5 nitrogen and oxygen atoms in total. The van der Waals surface area contributed by atoms with E-state index in [1.165, 1.54) is 44.2 Å². The number of aryl methyl sites for hydroxylation is 3. The third kappa shape index (κ3) is 6.24. The van der Waals surface area contributed by atoms with Crippen LogP contribution in [0.3, 0.4) is 0 Å². The van der Waals surface area contributed by atoms with E-state index in [1.807, 2.05) is 6.20 Å². The minimum Gasteiger partial charge on any atom is -0.457 e. The molecule has 0 aliphatic heterocycles. The Hall–Kier alpha value is -5.16. The fourth-order valence-electron chi connectivity index (χ4n) is 7.42. The van der Waals surface area contributed by atoms with Gasteiger partial charge in [-0.2, -0.15) is 5.10 Å². The van der Waals surface area contributed by atoms with Gasteiger partial charge in [-0.3, -0.25) is 4.57 Å². The fraction of sp³-hybridized carbons (Fsp3) is 0.304. The van der Waals surface area contributed by atoms with Gasteiger partial charge < -0.3 is 4.74 Å². The summed E-state index contributed by atoms with van der Waals surface area (Å²) in [4.78, 5) is 4.87. The Kier molecular flexibility index (Phi) is 8.65. The SMILES string of the molecule is CCc1cccc(CC)c1-c1c(C)nn(-c2cc(Oc3ccc4c5ccccc5n(-c5cc(C(C)(C)C)ccn5)c4c3)cc(C(C)(C)C)c2)c1C. The highest BCUT2D eigenvalue weighted by Gasteiger charge is 2.23. The Balaban J connectivity index is 1.36. The molecule has 4 aromatic carbocycles. The first-order valence-corrected chi connectivity index (χ1v) is 18.3. The summed E-state index contributed by atoms with van der Waals surface area (Å²) in [5.41, 5.74) is 13.0. The lowest BCUT2D eigenvalue weighted by Gasteiger charge is -2.22. The predicted octanol–water partition coefficient (Wildman–Crippen LogP) is 12.2. The molecule has 0 bridgehead atoms. The van der Waals surface area contributed by atoms with E-state index >= 15 is 0 Å². The summed E-state index contributed by atoms with van der Waals surface area (Å²) in [7, 11) is 0. The van der Waals surface area contributed by atoms with Crippen LogP contribution in [0.5, 0.6) is 11.5 Å². The second-order valence-corrected chi connectivity index (χ2v) is 15.9. The number of fused-ring (bicyclic) bond motifs is 3. The number of nitrogens with zero attached hydrogens (tertiary/aromatic N) is 4. The standard InChI is InChI=1S/C46H50N4O/c1-11-31-16-15-17-32(12-2)44(31)43-29(3)48-50(30(43)4)35-24-34(46(8,9)10)25-37(27-35)51-36-20-21-39-38-18-13-14-19-40(38)49(41(39)28-36)42-26-33(22-23-47-42)45(5,6)7/h13-28H,11-12H2,1-10H3. The highest BCUT2D eigenvalue weighted by molar-refractivity contribution is 6.09. The van der Waals surface area contributed by atoms with Crippen LogP contribution in [0.1, 0.15) is 89.0 Å². The van der Waals surface area contributed by atoms with Crippen LogP contribution < -0.4 is 4.74 Å². The Morgan fingerprint density at radius 2 is 1.31 bits per heavy atom. The molecule has 0 N–H and O–H groups in total. The highest BCUT2D eigenvalue weighted by atomic mass is 16.5. The first-order chi connectivity index (χ1) is 24.3. The van der Waals surface area contributed by atoms with E-state index in [9.17, 15) is 0 Å². The topological polar surface area (TPSA) is 44.9 Å². The molecule has 0 aliphatic rings. The Morgan fingerprint density at radius 1 is 0.627 bits per heavy atom. The van der Waals surface area contributed by atoms with Crippen LogP contribution in [0.15, 0.2) is 97.2 Å². The van der Waals surface area contributed by atoms with Gasteiger partial charge in [-0.1, -0.05) is 91.8 Å². The zero-order valence-corrected chi connectivity index (χ0v) is 31.8. The molecule has 3 aromatic heterocycles. The number of benzene rings is 4. The largest absolute Gasteiger partial charge is 0.457 e. The van der Waals surface area contributed by atoms with Crippen LogP contribution in [-0.4, -0.2) is 19.3 Å². The third-order valence-electron chi connectivity index (χ3n) is 10.3. The first-order valence-electron chi connectivity index (χ1n) is 18.3. The summed E-state index contributed by atoms with van der Waals surface area (Å²) >= 11 is 0. The maximum absolute atomic E-state index is 6.81. The second kappa shape index (κ2) is 12.9. The summed E-state index contributed by atoms with van der Waals surface area (Å²) in [6.45, 7) is 22.3. The van der Waals surface area contributed by atoms with Crippen molar-refractivity contribution < 1.29 is 4.74 Å². The average molecular weight is 675 g/mol. The van der Waals surface area contributed by atoms with Gasteiger partial charge >= 0.3 is 0 Å². The summed E-state index contributed by atoms with van der Waals surface area (Å²) in [5.74, 6) is 2.46. The van der Waals surface area contributed by atoms with Crippen LogP contribution in [0.2, 0.25) is 0 Å². The van der Waals surface area contributed by atoms with E-state index in [1.54, 1.807) is 0 Å². The maximum atomic E-state index is 6.81. The lowest BCUT2D eigenvalue weighted by atomic mass is 9.86. The summed E-state index contributed by atoms with van der Waals surface area (Å²) < 4.78 is 11.2. The molecule has 0 saturated carbocycles. The van der Waals surface area contributed by atoms with E-state index in [0.717, 1.165) is 58.3 Å². The van der Waals surface area contributed by atoms with Crippen molar-refractivity contribution in [3.05, 3.63) is 131 Å². The number of hydrogen-bond donors (Lipinski definition) is 0. The maximum Gasteiger partial charge on any atom is 0.137 e. The molecule has 0 fully saturated rings. The molecule has 3 heterocycles. The van der Waals surface area contributed by atoms with Crippen molar-refractivity contribution in [2.24, 2.45) is 0 Å². The number of hydrogen-bond acceptors (Lipinski definition) is 3. The lowest BCUT2D eigenvalue weighted by molar-refractivity contribution is 0.478. The van der Waals surface area contributed by atoms with Crippen molar-refractivity contribution in [2.45, 2.75) is 92.9 Å². The Morgan fingerprint density at radius 3 is 2.00 bits per heavy atom. The van der Waals surface area contributed by atoms with Gasteiger partial charge in [-0.25, -0.2) is 9.67 Å². The Bertz CT molecular complexity index is 2390. The smallest absolute Gasteiger partial charge is 0.137 e. The predicted molar refractivity (Wildman–Crippen MR) is 213 cm³/mol. The molecule has 0 radical (unpaired) electrons. The lowest BCUT2D eigenvalue weighted by Crippen LogP contribution is -2.12. The van der Waals surface area contributed by atoms with Crippen molar-refractivity contribution in [3.8, 4) is 34.1 Å². The van der Waals surface area contributed by atoms with Gasteiger partial charge in [-0.05, 0) is 108 Å². The van der Waals surface area contributed by atoms with Gasteiger partial charge in [0.1, 0.15) is 17.3 Å². The van der Waals surface area contributed by atoms with E-state index in [4.69, 9.17) is 14.8 Å². The van der Waals surface area contributed by atoms with E-state index in [0.29, 0.717) is 0 Å². The monoisotopic (exact) mass is 674 g/mol. The van der Waals surface area contributed by atoms with Gasteiger partial charge in [0.05, 0.1) is 22.4 Å². The fourth-order valence-corrected chi connectivity index (χ4v) is 7.42. The molecule has 0 atom stereocenters. The first kappa shape index (κ1) is 34.3.